The summed E-state index contributed by atoms with van der Waals surface area (Å²) >= 11 is 1.20. The van der Waals surface area contributed by atoms with Gasteiger partial charge in [0, 0.05) is 43.9 Å². The Kier molecular flexibility index (Phi) is 6.71. The number of methoxy groups -OCH3 is 1. The Hall–Kier alpha value is -3.38. The van der Waals surface area contributed by atoms with Crippen LogP contribution in [0.5, 0.6) is 5.75 Å². The third-order valence-corrected chi connectivity index (χ3v) is 7.47. The number of thiazole rings is 1. The van der Waals surface area contributed by atoms with E-state index in [0.717, 1.165) is 32.1 Å². The summed E-state index contributed by atoms with van der Waals surface area (Å²) in [6.07, 6.45) is 7.04. The number of rotatable bonds is 8. The first-order chi connectivity index (χ1) is 17.4. The van der Waals surface area contributed by atoms with Gasteiger partial charge >= 0.3 is 5.97 Å². The molecule has 190 valence electrons. The number of ether oxygens (including phenoxy) is 2. The van der Waals surface area contributed by atoms with Gasteiger partial charge in [-0.3, -0.25) is 14.2 Å². The average molecular weight is 517 g/mol. The number of aromatic nitrogens is 3. The zero-order valence-electron chi connectivity index (χ0n) is 19.6. The van der Waals surface area contributed by atoms with E-state index in [1.807, 2.05) is 0 Å². The van der Waals surface area contributed by atoms with Crippen molar-refractivity contribution < 1.29 is 28.6 Å². The number of halogens is 1. The molecule has 5 rings (SSSR count). The number of carboxylic acid groups (broad SMARTS) is 1. The zero-order valence-corrected chi connectivity index (χ0v) is 20.4. The molecule has 0 amide bonds. The molecule has 5 heterocycles. The second-order valence-electron chi connectivity index (χ2n) is 8.94. The van der Waals surface area contributed by atoms with E-state index in [9.17, 15) is 19.5 Å². The van der Waals surface area contributed by atoms with Crippen LogP contribution in [0.4, 0.5) is 10.2 Å². The largest absolute Gasteiger partial charge is 0.493 e. The third kappa shape index (κ3) is 4.35. The number of pyridine rings is 2. The van der Waals surface area contributed by atoms with Gasteiger partial charge in [0.1, 0.15) is 16.7 Å². The summed E-state index contributed by atoms with van der Waals surface area (Å²) in [6.45, 7) is 1.32. The SMILES string of the molecule is COc1c(F)c(N2CC(C(=O)CCC3CCCCO3)C2)nc2c1c(=O)c(C(=O)O)cn2-c1nccs1. The third-order valence-electron chi connectivity index (χ3n) is 6.70. The van der Waals surface area contributed by atoms with Crippen molar-refractivity contribution in [3.63, 3.8) is 0 Å². The monoisotopic (exact) mass is 516 g/mol. The smallest absolute Gasteiger partial charge is 0.341 e. The fourth-order valence-corrected chi connectivity index (χ4v) is 5.33. The number of carbonyl (C=O) groups excluding carboxylic acids is 1. The van der Waals surface area contributed by atoms with Gasteiger partial charge in [-0.1, -0.05) is 0 Å². The summed E-state index contributed by atoms with van der Waals surface area (Å²) in [5.41, 5.74) is -1.43. The van der Waals surface area contributed by atoms with Crippen LogP contribution in [0, 0.1) is 11.7 Å². The zero-order chi connectivity index (χ0) is 25.4. The number of carboxylic acids is 1. The normalized spacial score (nSPS) is 18.3. The number of Topliss-reactive ketones (excluding diaryl/α,β-unsaturated/α-hetero) is 1. The Morgan fingerprint density at radius 2 is 2.14 bits per heavy atom. The molecular weight excluding hydrogens is 491 g/mol. The van der Waals surface area contributed by atoms with Crippen molar-refractivity contribution in [3.05, 3.63) is 39.4 Å². The molecular formula is C24H25FN4O6S. The van der Waals surface area contributed by atoms with Crippen LogP contribution in [0.2, 0.25) is 0 Å². The summed E-state index contributed by atoms with van der Waals surface area (Å²) in [5.74, 6) is -2.92. The Balaban J connectivity index is 1.46. The predicted molar refractivity (Wildman–Crippen MR) is 130 cm³/mol. The molecule has 36 heavy (non-hydrogen) atoms. The lowest BCUT2D eigenvalue weighted by molar-refractivity contribution is -0.124. The molecule has 2 fully saturated rings. The molecule has 0 saturated carbocycles. The van der Waals surface area contributed by atoms with Crippen LogP contribution < -0.4 is 15.1 Å². The van der Waals surface area contributed by atoms with E-state index >= 15 is 4.39 Å². The van der Waals surface area contributed by atoms with Crippen molar-refractivity contribution in [2.45, 2.75) is 38.2 Å². The molecule has 12 heteroatoms. The van der Waals surface area contributed by atoms with Gasteiger partial charge in [0.2, 0.25) is 11.2 Å². The lowest BCUT2D eigenvalue weighted by Crippen LogP contribution is -2.51. The number of ketones is 1. The van der Waals surface area contributed by atoms with Gasteiger partial charge < -0.3 is 19.5 Å². The van der Waals surface area contributed by atoms with Gasteiger partial charge in [-0.15, -0.1) is 11.3 Å². The number of fused-ring (bicyclic) bond motifs is 1. The Morgan fingerprint density at radius 1 is 1.33 bits per heavy atom. The van der Waals surface area contributed by atoms with Crippen LogP contribution in [0.15, 0.2) is 22.6 Å². The van der Waals surface area contributed by atoms with E-state index in [1.54, 1.807) is 10.3 Å². The Bertz CT molecular complexity index is 1360. The standard InChI is InChI=1S/C24H25FN4O6S/c1-34-20-17-19(31)15(23(32)33)12-29(24-26-7-9-36-24)21(17)27-22(18(20)25)28-10-13(11-28)16(30)6-5-14-4-2-3-8-35-14/h7,9,12-14H,2-6,8,10-11H2,1H3,(H,32,33). The van der Waals surface area contributed by atoms with Gasteiger partial charge in [0.25, 0.3) is 0 Å². The summed E-state index contributed by atoms with van der Waals surface area (Å²) in [7, 11) is 1.21. The van der Waals surface area contributed by atoms with Crippen molar-refractivity contribution in [3.8, 4) is 10.9 Å². The minimum absolute atomic E-state index is 0.0254. The van der Waals surface area contributed by atoms with Gasteiger partial charge in [-0.05, 0) is 25.7 Å². The molecule has 0 spiro atoms. The highest BCUT2D eigenvalue weighted by Crippen LogP contribution is 2.36. The number of carbonyl (C=O) groups is 2. The molecule has 3 aromatic heterocycles. The maximum absolute atomic E-state index is 15.5. The molecule has 10 nitrogen and oxygen atoms in total. The van der Waals surface area contributed by atoms with E-state index < -0.39 is 28.5 Å². The second kappa shape index (κ2) is 9.94. The van der Waals surface area contributed by atoms with E-state index in [2.05, 4.69) is 9.97 Å². The fourth-order valence-electron chi connectivity index (χ4n) is 4.71. The quantitative estimate of drug-likeness (QED) is 0.481. The fraction of sp³-hybridized carbons (Fsp3) is 0.458. The summed E-state index contributed by atoms with van der Waals surface area (Å²) in [5, 5.41) is 11.3. The van der Waals surface area contributed by atoms with Gasteiger partial charge in [-0.25, -0.2) is 14.8 Å². The number of aromatic carboxylic acids is 1. The van der Waals surface area contributed by atoms with Crippen LogP contribution >= 0.6 is 11.3 Å². The Labute approximate surface area is 209 Å². The topological polar surface area (TPSA) is 124 Å². The van der Waals surface area contributed by atoms with Crippen LogP contribution in [-0.2, 0) is 9.53 Å². The number of hydrogen-bond donors (Lipinski definition) is 1. The molecule has 1 N–H and O–H groups in total. The average Bonchev–Trinajstić information content (AvgIpc) is 3.38. The molecule has 2 saturated heterocycles. The van der Waals surface area contributed by atoms with Crippen molar-refractivity contribution >= 4 is 39.9 Å². The summed E-state index contributed by atoms with van der Waals surface area (Å²) < 4.78 is 27.8. The molecule has 0 aromatic carbocycles. The highest BCUT2D eigenvalue weighted by atomic mass is 32.1. The van der Waals surface area contributed by atoms with Gasteiger partial charge in [-0.2, -0.15) is 4.39 Å². The van der Waals surface area contributed by atoms with Crippen molar-refractivity contribution in [2.75, 3.05) is 31.7 Å². The highest BCUT2D eigenvalue weighted by molar-refractivity contribution is 7.12. The predicted octanol–water partition coefficient (Wildman–Crippen LogP) is 3.04. The van der Waals surface area contributed by atoms with E-state index in [-0.39, 0.29) is 47.7 Å². The van der Waals surface area contributed by atoms with Crippen molar-refractivity contribution in [2.24, 2.45) is 5.92 Å². The first-order valence-corrected chi connectivity index (χ1v) is 12.6. The molecule has 0 radical (unpaired) electrons. The van der Waals surface area contributed by atoms with E-state index in [0.29, 0.717) is 18.0 Å². The van der Waals surface area contributed by atoms with Crippen LogP contribution in [-0.4, -0.2) is 64.3 Å². The molecule has 0 bridgehead atoms. The molecule has 2 aliphatic heterocycles. The second-order valence-corrected chi connectivity index (χ2v) is 9.81. The first kappa shape index (κ1) is 24.3. The van der Waals surface area contributed by atoms with E-state index in [1.165, 1.54) is 29.2 Å². The van der Waals surface area contributed by atoms with Gasteiger partial charge in [0.05, 0.1) is 19.1 Å². The summed E-state index contributed by atoms with van der Waals surface area (Å²) in [6, 6.07) is 0. The minimum atomic E-state index is -1.46. The van der Waals surface area contributed by atoms with Crippen LogP contribution in [0.1, 0.15) is 42.5 Å². The molecule has 1 atom stereocenters. The highest BCUT2D eigenvalue weighted by Gasteiger charge is 2.37. The number of nitrogens with zero attached hydrogens (tertiary/aromatic N) is 4. The van der Waals surface area contributed by atoms with Gasteiger partial charge in [0.15, 0.2) is 22.3 Å². The van der Waals surface area contributed by atoms with Crippen molar-refractivity contribution in [1.82, 2.24) is 14.5 Å². The number of hydrogen-bond acceptors (Lipinski definition) is 9. The van der Waals surface area contributed by atoms with Crippen molar-refractivity contribution in [1.29, 1.82) is 0 Å². The lowest BCUT2D eigenvalue weighted by atomic mass is 9.91. The molecule has 3 aromatic rings. The lowest BCUT2D eigenvalue weighted by Gasteiger charge is -2.39. The van der Waals surface area contributed by atoms with Crippen LogP contribution in [0.25, 0.3) is 16.2 Å². The number of anilines is 1. The maximum Gasteiger partial charge on any atom is 0.341 e. The molecule has 0 aliphatic carbocycles. The minimum Gasteiger partial charge on any atom is -0.493 e. The molecule has 1 unspecified atom stereocenters. The summed E-state index contributed by atoms with van der Waals surface area (Å²) in [4.78, 5) is 47.6. The molecule has 2 aliphatic rings. The van der Waals surface area contributed by atoms with Crippen LogP contribution in [0.3, 0.4) is 0 Å². The first-order valence-electron chi connectivity index (χ1n) is 11.7. The Morgan fingerprint density at radius 3 is 2.78 bits per heavy atom. The van der Waals surface area contributed by atoms with E-state index in [4.69, 9.17) is 9.47 Å². The maximum atomic E-state index is 15.5.